The van der Waals surface area contributed by atoms with Gasteiger partial charge in [-0.15, -0.1) is 0 Å². The van der Waals surface area contributed by atoms with Crippen LogP contribution in [0.3, 0.4) is 0 Å². The molecule has 0 saturated carbocycles. The molecule has 4 unspecified atom stereocenters. The molecule has 3 aliphatic carbocycles. The standard InChI is InChI=1S/C25H22BrNO5/c1-3-27-24(31)14-6-5-13-15(21(14)25(27)32)9-16-22(19(29)10-17(26)23(16)30)20(13)12-4-7-18(28)11(2)8-12/h4-5,7-8,10,14-15,20-21,28H,3,6,9H2,1-2H3. The number of phenols is 1. The van der Waals surface area contributed by atoms with Crippen LogP contribution in [0, 0.1) is 24.7 Å². The van der Waals surface area contributed by atoms with E-state index in [9.17, 15) is 24.3 Å². The van der Waals surface area contributed by atoms with Crippen LogP contribution < -0.4 is 0 Å². The Morgan fingerprint density at radius 3 is 2.56 bits per heavy atom. The molecule has 0 aromatic heterocycles. The summed E-state index contributed by atoms with van der Waals surface area (Å²) in [6, 6.07) is 5.17. The summed E-state index contributed by atoms with van der Waals surface area (Å²) in [7, 11) is 0. The van der Waals surface area contributed by atoms with Crippen molar-refractivity contribution in [3.63, 3.8) is 0 Å². The number of benzene rings is 1. The average Bonchev–Trinajstić information content (AvgIpc) is 3.02. The van der Waals surface area contributed by atoms with Crippen LogP contribution in [-0.4, -0.2) is 39.9 Å². The first-order valence-corrected chi connectivity index (χ1v) is 11.6. The first-order valence-electron chi connectivity index (χ1n) is 10.8. The number of halogens is 1. The van der Waals surface area contributed by atoms with Crippen molar-refractivity contribution in [2.75, 3.05) is 6.54 Å². The average molecular weight is 496 g/mol. The van der Waals surface area contributed by atoms with Crippen LogP contribution in [-0.2, 0) is 19.2 Å². The number of carbonyl (C=O) groups is 4. The van der Waals surface area contributed by atoms with Crippen molar-refractivity contribution < 1.29 is 24.3 Å². The summed E-state index contributed by atoms with van der Waals surface area (Å²) >= 11 is 3.22. The molecule has 32 heavy (non-hydrogen) atoms. The van der Waals surface area contributed by atoms with Gasteiger partial charge in [0.15, 0.2) is 11.6 Å². The predicted octanol–water partition coefficient (Wildman–Crippen LogP) is 3.48. The minimum Gasteiger partial charge on any atom is -0.508 e. The maximum absolute atomic E-state index is 13.2. The van der Waals surface area contributed by atoms with Crippen molar-refractivity contribution >= 4 is 39.3 Å². The molecule has 1 heterocycles. The molecular formula is C25H22BrNO5. The molecule has 4 aliphatic rings. The van der Waals surface area contributed by atoms with Crippen molar-refractivity contribution in [1.29, 1.82) is 0 Å². The monoisotopic (exact) mass is 495 g/mol. The van der Waals surface area contributed by atoms with E-state index in [4.69, 9.17) is 0 Å². The molecule has 0 radical (unpaired) electrons. The van der Waals surface area contributed by atoms with E-state index < -0.39 is 17.8 Å². The number of amides is 2. The molecule has 1 fully saturated rings. The van der Waals surface area contributed by atoms with Crippen LogP contribution in [0.15, 0.2) is 51.6 Å². The van der Waals surface area contributed by atoms with Gasteiger partial charge in [-0.2, -0.15) is 0 Å². The molecule has 5 rings (SSSR count). The minimum atomic E-state index is -0.523. The van der Waals surface area contributed by atoms with Crippen LogP contribution in [0.25, 0.3) is 0 Å². The number of rotatable bonds is 2. The van der Waals surface area contributed by atoms with Crippen LogP contribution in [0.5, 0.6) is 5.75 Å². The fraction of sp³-hybridized carbons (Fsp3) is 0.360. The summed E-state index contributed by atoms with van der Waals surface area (Å²) in [6.45, 7) is 3.89. The first kappa shape index (κ1) is 21.1. The minimum absolute atomic E-state index is 0.150. The molecule has 4 atom stereocenters. The molecule has 1 N–H and O–H groups in total. The summed E-state index contributed by atoms with van der Waals surface area (Å²) in [5, 5.41) is 10.0. The Morgan fingerprint density at radius 2 is 1.88 bits per heavy atom. The molecular weight excluding hydrogens is 474 g/mol. The molecule has 6 nitrogen and oxygen atoms in total. The number of phenolic OH excluding ortho intramolecular Hbond substituents is 1. The SMILES string of the molecule is CCN1C(=O)C2CC=C3C(c4ccc(O)c(C)c4)C4=C(CC3C2C1=O)C(=O)C(Br)=CC4=O. The first-order chi connectivity index (χ1) is 15.2. The number of aromatic hydroxyl groups is 1. The fourth-order valence-corrected chi connectivity index (χ4v) is 6.27. The number of carbonyl (C=O) groups excluding carboxylic acids is 4. The zero-order chi connectivity index (χ0) is 22.9. The Kier molecular flexibility index (Phi) is 4.85. The van der Waals surface area contributed by atoms with E-state index in [1.807, 2.05) is 12.1 Å². The van der Waals surface area contributed by atoms with Crippen molar-refractivity contribution in [2.24, 2.45) is 17.8 Å². The van der Waals surface area contributed by atoms with Gasteiger partial charge in [-0.25, -0.2) is 0 Å². The Balaban J connectivity index is 1.71. The number of aryl methyl sites for hydroxylation is 1. The van der Waals surface area contributed by atoms with Crippen LogP contribution in [0.4, 0.5) is 0 Å². The van der Waals surface area contributed by atoms with Crippen molar-refractivity contribution in [2.45, 2.75) is 32.6 Å². The summed E-state index contributed by atoms with van der Waals surface area (Å²) < 4.78 is 0.214. The van der Waals surface area contributed by atoms with Gasteiger partial charge >= 0.3 is 0 Å². The lowest BCUT2D eigenvalue weighted by molar-refractivity contribution is -0.139. The van der Waals surface area contributed by atoms with Gasteiger partial charge in [0.1, 0.15) is 5.75 Å². The molecule has 7 heteroatoms. The van der Waals surface area contributed by atoms with Crippen molar-refractivity contribution in [3.05, 3.63) is 62.7 Å². The highest BCUT2D eigenvalue weighted by molar-refractivity contribution is 9.12. The van der Waals surface area contributed by atoms with Gasteiger partial charge in [0.05, 0.1) is 16.3 Å². The van der Waals surface area contributed by atoms with E-state index in [-0.39, 0.29) is 46.0 Å². The van der Waals surface area contributed by atoms with E-state index in [0.717, 1.165) is 11.1 Å². The Bertz CT molecular complexity index is 1210. The predicted molar refractivity (Wildman–Crippen MR) is 120 cm³/mol. The number of ketones is 2. The van der Waals surface area contributed by atoms with Crippen LogP contribution in [0.2, 0.25) is 0 Å². The molecule has 2 amide bonds. The summed E-state index contributed by atoms with van der Waals surface area (Å²) in [4.78, 5) is 53.6. The third-order valence-corrected chi connectivity index (χ3v) is 7.88. The quantitative estimate of drug-likeness (QED) is 0.385. The fourth-order valence-electron chi connectivity index (χ4n) is 5.82. The molecule has 1 aromatic carbocycles. The zero-order valence-corrected chi connectivity index (χ0v) is 19.3. The van der Waals surface area contributed by atoms with Gasteiger partial charge in [-0.1, -0.05) is 23.8 Å². The number of hydrogen-bond acceptors (Lipinski definition) is 5. The van der Waals surface area contributed by atoms with Crippen LogP contribution >= 0.6 is 15.9 Å². The second kappa shape index (κ2) is 7.37. The summed E-state index contributed by atoms with van der Waals surface area (Å²) in [5.74, 6) is -2.42. The van der Waals surface area contributed by atoms with Crippen LogP contribution in [0.1, 0.15) is 36.8 Å². The summed E-state index contributed by atoms with van der Waals surface area (Å²) in [5.41, 5.74) is 3.23. The number of allylic oxidation sites excluding steroid dienone is 6. The molecule has 1 aromatic rings. The number of fused-ring (bicyclic) bond motifs is 3. The van der Waals surface area contributed by atoms with Crippen molar-refractivity contribution in [3.8, 4) is 5.75 Å². The lowest BCUT2D eigenvalue weighted by Gasteiger charge is -2.42. The maximum atomic E-state index is 13.2. The summed E-state index contributed by atoms with van der Waals surface area (Å²) in [6.07, 6.45) is 4.02. The van der Waals surface area contributed by atoms with E-state index in [0.29, 0.717) is 29.7 Å². The largest absolute Gasteiger partial charge is 0.508 e. The maximum Gasteiger partial charge on any atom is 0.233 e. The number of likely N-dealkylation sites (tertiary alicyclic amines) is 1. The normalized spacial score (nSPS) is 29.5. The molecule has 0 bridgehead atoms. The van der Waals surface area contributed by atoms with Gasteiger partial charge in [0.25, 0.3) is 0 Å². The van der Waals surface area contributed by atoms with E-state index in [2.05, 4.69) is 15.9 Å². The smallest absolute Gasteiger partial charge is 0.233 e. The molecule has 1 aliphatic heterocycles. The van der Waals surface area contributed by atoms with E-state index >= 15 is 0 Å². The Labute approximate surface area is 193 Å². The molecule has 164 valence electrons. The lowest BCUT2D eigenvalue weighted by Crippen LogP contribution is -2.39. The highest BCUT2D eigenvalue weighted by Crippen LogP contribution is 2.55. The van der Waals surface area contributed by atoms with Gasteiger partial charge in [-0.3, -0.25) is 24.1 Å². The van der Waals surface area contributed by atoms with Crippen molar-refractivity contribution in [1.82, 2.24) is 4.90 Å². The number of imide groups is 1. The highest BCUT2D eigenvalue weighted by Gasteiger charge is 2.55. The Morgan fingerprint density at radius 1 is 1.12 bits per heavy atom. The molecule has 1 saturated heterocycles. The highest BCUT2D eigenvalue weighted by atomic mass is 79.9. The van der Waals surface area contributed by atoms with Gasteiger partial charge in [0.2, 0.25) is 11.8 Å². The number of nitrogens with zero attached hydrogens (tertiary/aromatic N) is 1. The molecule has 0 spiro atoms. The number of hydrogen-bond donors (Lipinski definition) is 1. The lowest BCUT2D eigenvalue weighted by atomic mass is 9.59. The van der Waals surface area contributed by atoms with Gasteiger partial charge in [-0.05, 0) is 65.7 Å². The number of Topliss-reactive ketones (excluding diaryl/α,β-unsaturated/α-hetero) is 1. The van der Waals surface area contributed by atoms with E-state index in [1.165, 1.54) is 11.0 Å². The topological polar surface area (TPSA) is 91.8 Å². The second-order valence-electron chi connectivity index (χ2n) is 8.86. The second-order valence-corrected chi connectivity index (χ2v) is 9.71. The van der Waals surface area contributed by atoms with E-state index in [1.54, 1.807) is 26.0 Å². The third-order valence-electron chi connectivity index (χ3n) is 7.29. The zero-order valence-electron chi connectivity index (χ0n) is 17.7. The Hall–Kier alpha value is -2.80. The van der Waals surface area contributed by atoms with Gasteiger partial charge < -0.3 is 5.11 Å². The third kappa shape index (κ3) is 2.83. The van der Waals surface area contributed by atoms with Gasteiger partial charge in [0, 0.05) is 29.7 Å².